The Hall–Kier alpha value is -2.44. The zero-order valence-corrected chi connectivity index (χ0v) is 12.3. The van der Waals surface area contributed by atoms with Gasteiger partial charge in [-0.3, -0.25) is 14.9 Å². The Morgan fingerprint density at radius 1 is 1.27 bits per heavy atom. The molecular formula is C15H18N2O5. The number of hydrogen-bond acceptors (Lipinski definition) is 5. The van der Waals surface area contributed by atoms with Crippen molar-refractivity contribution in [3.05, 3.63) is 39.9 Å². The average molecular weight is 306 g/mol. The molecule has 1 saturated carbocycles. The maximum absolute atomic E-state index is 11.9. The molecule has 1 aromatic carbocycles. The van der Waals surface area contributed by atoms with Crippen LogP contribution in [0.15, 0.2) is 24.3 Å². The van der Waals surface area contributed by atoms with E-state index in [9.17, 15) is 19.7 Å². The highest BCUT2D eigenvalue weighted by molar-refractivity contribution is 5.92. The maximum Gasteiger partial charge on any atom is 0.338 e. The molecule has 0 bridgehead atoms. The van der Waals surface area contributed by atoms with Gasteiger partial charge in [-0.15, -0.1) is 0 Å². The van der Waals surface area contributed by atoms with Gasteiger partial charge in [0.15, 0.2) is 6.10 Å². The van der Waals surface area contributed by atoms with E-state index in [4.69, 9.17) is 4.74 Å². The SMILES string of the molecule is C[C@@H](OC(=O)c1ccc([N+](=O)[O-])cc1)C(=O)NC1CCCC1. The Morgan fingerprint density at radius 2 is 1.86 bits per heavy atom. The van der Waals surface area contributed by atoms with Crippen molar-refractivity contribution in [3.63, 3.8) is 0 Å². The molecule has 118 valence electrons. The lowest BCUT2D eigenvalue weighted by Gasteiger charge is -2.17. The number of benzene rings is 1. The second-order valence-corrected chi connectivity index (χ2v) is 5.34. The highest BCUT2D eigenvalue weighted by atomic mass is 16.6. The molecule has 1 fully saturated rings. The second-order valence-electron chi connectivity index (χ2n) is 5.34. The number of rotatable bonds is 5. The van der Waals surface area contributed by atoms with E-state index in [-0.39, 0.29) is 23.2 Å². The lowest BCUT2D eigenvalue weighted by molar-refractivity contribution is -0.384. The topological polar surface area (TPSA) is 98.5 Å². The zero-order chi connectivity index (χ0) is 16.1. The number of carbonyl (C=O) groups is 2. The molecular weight excluding hydrogens is 288 g/mol. The van der Waals surface area contributed by atoms with E-state index in [1.807, 2.05) is 0 Å². The van der Waals surface area contributed by atoms with Crippen LogP contribution in [0.2, 0.25) is 0 Å². The van der Waals surface area contributed by atoms with Crippen LogP contribution in [-0.2, 0) is 9.53 Å². The number of carbonyl (C=O) groups excluding carboxylic acids is 2. The highest BCUT2D eigenvalue weighted by Crippen LogP contribution is 2.18. The lowest BCUT2D eigenvalue weighted by atomic mass is 10.2. The van der Waals surface area contributed by atoms with E-state index in [0.717, 1.165) is 25.7 Å². The monoisotopic (exact) mass is 306 g/mol. The molecule has 7 heteroatoms. The number of nitro groups is 1. The van der Waals surface area contributed by atoms with E-state index in [0.29, 0.717) is 0 Å². The fraction of sp³-hybridized carbons (Fsp3) is 0.467. The van der Waals surface area contributed by atoms with Crippen LogP contribution in [0, 0.1) is 10.1 Å². The van der Waals surface area contributed by atoms with Gasteiger partial charge in [0.05, 0.1) is 10.5 Å². The Balaban J connectivity index is 1.89. The van der Waals surface area contributed by atoms with Crippen molar-refractivity contribution in [3.8, 4) is 0 Å². The molecule has 22 heavy (non-hydrogen) atoms. The first-order valence-corrected chi connectivity index (χ1v) is 7.23. The minimum Gasteiger partial charge on any atom is -0.449 e. The molecule has 2 rings (SSSR count). The van der Waals surface area contributed by atoms with Gasteiger partial charge in [0.1, 0.15) is 0 Å². The molecule has 0 heterocycles. The molecule has 0 aliphatic heterocycles. The Labute approximate surface area is 127 Å². The van der Waals surface area contributed by atoms with E-state index >= 15 is 0 Å². The molecule has 1 N–H and O–H groups in total. The van der Waals surface area contributed by atoms with Crippen molar-refractivity contribution >= 4 is 17.6 Å². The summed E-state index contributed by atoms with van der Waals surface area (Å²) >= 11 is 0. The number of non-ortho nitro benzene ring substituents is 1. The first kappa shape index (κ1) is 15.9. The number of ether oxygens (including phenoxy) is 1. The van der Waals surface area contributed by atoms with E-state index in [2.05, 4.69) is 5.32 Å². The van der Waals surface area contributed by atoms with Gasteiger partial charge in [0.25, 0.3) is 11.6 Å². The van der Waals surface area contributed by atoms with Gasteiger partial charge in [-0.05, 0) is 31.9 Å². The fourth-order valence-corrected chi connectivity index (χ4v) is 2.39. The summed E-state index contributed by atoms with van der Waals surface area (Å²) in [6.45, 7) is 1.51. The van der Waals surface area contributed by atoms with Crippen LogP contribution in [-0.4, -0.2) is 28.9 Å². The molecule has 1 amide bonds. The molecule has 0 saturated heterocycles. The summed E-state index contributed by atoms with van der Waals surface area (Å²) in [4.78, 5) is 33.8. The van der Waals surface area contributed by atoms with Gasteiger partial charge in [-0.2, -0.15) is 0 Å². The van der Waals surface area contributed by atoms with E-state index < -0.39 is 17.0 Å². The van der Waals surface area contributed by atoms with Gasteiger partial charge in [0.2, 0.25) is 0 Å². The molecule has 1 atom stereocenters. The van der Waals surface area contributed by atoms with Gasteiger partial charge in [0, 0.05) is 18.2 Å². The smallest absolute Gasteiger partial charge is 0.338 e. The van der Waals surface area contributed by atoms with Crippen LogP contribution >= 0.6 is 0 Å². The third kappa shape index (κ3) is 4.03. The van der Waals surface area contributed by atoms with Crippen molar-refractivity contribution in [2.24, 2.45) is 0 Å². The zero-order valence-electron chi connectivity index (χ0n) is 12.3. The summed E-state index contributed by atoms with van der Waals surface area (Å²) in [5, 5.41) is 13.4. The van der Waals surface area contributed by atoms with Crippen molar-refractivity contribution in [2.45, 2.75) is 44.8 Å². The quantitative estimate of drug-likeness (QED) is 0.511. The molecule has 0 spiro atoms. The molecule has 0 radical (unpaired) electrons. The molecule has 1 aromatic rings. The lowest BCUT2D eigenvalue weighted by Crippen LogP contribution is -2.40. The fourth-order valence-electron chi connectivity index (χ4n) is 2.39. The Bertz CT molecular complexity index is 564. The van der Waals surface area contributed by atoms with Crippen LogP contribution in [0.3, 0.4) is 0 Å². The summed E-state index contributed by atoms with van der Waals surface area (Å²) < 4.78 is 5.09. The molecule has 1 aliphatic rings. The van der Waals surface area contributed by atoms with Crippen molar-refractivity contribution < 1.29 is 19.2 Å². The first-order chi connectivity index (χ1) is 10.5. The Morgan fingerprint density at radius 3 is 2.41 bits per heavy atom. The van der Waals surface area contributed by atoms with Crippen molar-refractivity contribution in [2.75, 3.05) is 0 Å². The van der Waals surface area contributed by atoms with Gasteiger partial charge >= 0.3 is 5.97 Å². The minimum atomic E-state index is -0.900. The molecule has 7 nitrogen and oxygen atoms in total. The number of nitrogens with zero attached hydrogens (tertiary/aromatic N) is 1. The van der Waals surface area contributed by atoms with Crippen molar-refractivity contribution in [1.82, 2.24) is 5.32 Å². The predicted octanol–water partition coefficient (Wildman–Crippen LogP) is 2.20. The number of esters is 1. The summed E-state index contributed by atoms with van der Waals surface area (Å²) in [5.74, 6) is -0.994. The molecule has 0 unspecified atom stereocenters. The largest absolute Gasteiger partial charge is 0.449 e. The normalized spacial score (nSPS) is 16.0. The van der Waals surface area contributed by atoms with Crippen LogP contribution < -0.4 is 5.32 Å². The average Bonchev–Trinajstić information content (AvgIpc) is 3.00. The predicted molar refractivity (Wildman–Crippen MR) is 78.4 cm³/mol. The standard InChI is InChI=1S/C15H18N2O5/c1-10(14(18)16-12-4-2-3-5-12)22-15(19)11-6-8-13(9-7-11)17(20)21/h6-10,12H,2-5H2,1H3,(H,16,18)/t10-/m1/s1. The van der Waals surface area contributed by atoms with Gasteiger partial charge in [-0.25, -0.2) is 4.79 Å². The number of hydrogen-bond donors (Lipinski definition) is 1. The first-order valence-electron chi connectivity index (χ1n) is 7.23. The summed E-state index contributed by atoms with van der Waals surface area (Å²) in [5.41, 5.74) is 0.0645. The number of amides is 1. The van der Waals surface area contributed by atoms with Crippen molar-refractivity contribution in [1.29, 1.82) is 0 Å². The van der Waals surface area contributed by atoms with Gasteiger partial charge in [-0.1, -0.05) is 12.8 Å². The highest BCUT2D eigenvalue weighted by Gasteiger charge is 2.23. The minimum absolute atomic E-state index is 0.108. The maximum atomic E-state index is 11.9. The van der Waals surface area contributed by atoms with Gasteiger partial charge < -0.3 is 10.1 Å². The third-order valence-corrected chi connectivity index (χ3v) is 3.67. The summed E-state index contributed by atoms with van der Waals surface area (Å²) in [6, 6.07) is 5.22. The summed E-state index contributed by atoms with van der Waals surface area (Å²) in [6.07, 6.45) is 3.20. The number of nitro benzene ring substituents is 1. The Kier molecular flexibility index (Phi) is 5.08. The van der Waals surface area contributed by atoms with E-state index in [1.54, 1.807) is 0 Å². The van der Waals surface area contributed by atoms with Crippen LogP contribution in [0.4, 0.5) is 5.69 Å². The third-order valence-electron chi connectivity index (χ3n) is 3.67. The number of nitrogens with one attached hydrogen (secondary N) is 1. The van der Waals surface area contributed by atoms with Crippen LogP contribution in [0.25, 0.3) is 0 Å². The second kappa shape index (κ2) is 7.02. The molecule has 0 aromatic heterocycles. The van der Waals surface area contributed by atoms with Crippen LogP contribution in [0.1, 0.15) is 43.0 Å². The van der Waals surface area contributed by atoms with E-state index in [1.165, 1.54) is 31.2 Å². The molecule has 1 aliphatic carbocycles. The summed E-state index contributed by atoms with van der Waals surface area (Å²) in [7, 11) is 0. The van der Waals surface area contributed by atoms with Crippen LogP contribution in [0.5, 0.6) is 0 Å².